The van der Waals surface area contributed by atoms with Crippen molar-refractivity contribution in [1.29, 1.82) is 0 Å². The molecule has 0 spiro atoms. The fraction of sp³-hybridized carbons (Fsp3) is 0.111. The number of benzene rings is 3. The number of rotatable bonds is 2. The zero-order valence-corrected chi connectivity index (χ0v) is 20.2. The molecule has 6 nitrogen and oxygen atoms in total. The molecule has 0 amide bonds. The third-order valence-corrected chi connectivity index (χ3v) is 7.28. The van der Waals surface area contributed by atoms with Crippen LogP contribution >= 0.6 is 15.9 Å². The number of aromatic nitrogens is 3. The molecule has 0 saturated carbocycles. The molecule has 3 heterocycles. The van der Waals surface area contributed by atoms with Gasteiger partial charge in [-0.3, -0.25) is 13.9 Å². The van der Waals surface area contributed by atoms with Crippen LogP contribution in [0.15, 0.2) is 92.9 Å². The predicted octanol–water partition coefficient (Wildman–Crippen LogP) is 4.97. The van der Waals surface area contributed by atoms with Crippen molar-refractivity contribution in [2.75, 3.05) is 5.32 Å². The molecule has 1 atom stereocenters. The molecule has 0 radical (unpaired) electrons. The van der Waals surface area contributed by atoms with E-state index in [1.807, 2.05) is 66.7 Å². The van der Waals surface area contributed by atoms with Crippen LogP contribution < -0.4 is 16.6 Å². The van der Waals surface area contributed by atoms with Crippen molar-refractivity contribution >= 4 is 32.5 Å². The van der Waals surface area contributed by atoms with Crippen molar-refractivity contribution in [3.05, 3.63) is 115 Å². The molecular weight excluding hydrogens is 492 g/mol. The highest BCUT2D eigenvalue weighted by molar-refractivity contribution is 9.10. The quantitative estimate of drug-likeness (QED) is 0.363. The van der Waals surface area contributed by atoms with Crippen molar-refractivity contribution in [2.45, 2.75) is 6.04 Å². The first-order valence-electron chi connectivity index (χ1n) is 11.0. The standard InChI is InChI=1S/C27H21BrN4O2/c1-30-24-21(26(33)31(2)27(30)34)23(17-12-6-7-13-18(17)28)32-20-15-9-8-14-19(20)29-22(25(24)32)16-10-4-3-5-11-16/h3-15,22,29H,1-2H3/t22-/m0/s1. The number of hydrogen-bond acceptors (Lipinski definition) is 3. The SMILES string of the molecule is Cn1c(=O)c2c(-c3ccccc3Br)n3c(c2n(C)c1=O)[C@H](c1ccccc1)Nc1ccccc1-3. The molecule has 6 rings (SSSR count). The molecule has 3 aromatic carbocycles. The second kappa shape index (κ2) is 7.60. The van der Waals surface area contributed by atoms with Crippen LogP contribution in [0.25, 0.3) is 27.8 Å². The van der Waals surface area contributed by atoms with Crippen LogP contribution in [0.4, 0.5) is 5.69 Å². The molecule has 1 N–H and O–H groups in total. The molecule has 7 heteroatoms. The van der Waals surface area contributed by atoms with Gasteiger partial charge in [-0.05, 0) is 23.8 Å². The van der Waals surface area contributed by atoms with Crippen molar-refractivity contribution < 1.29 is 0 Å². The number of anilines is 1. The highest BCUT2D eigenvalue weighted by Gasteiger charge is 2.34. The molecular formula is C27H21BrN4O2. The van der Waals surface area contributed by atoms with E-state index in [2.05, 4.69) is 37.9 Å². The zero-order valence-electron chi connectivity index (χ0n) is 18.6. The van der Waals surface area contributed by atoms with E-state index in [0.717, 1.165) is 38.4 Å². The molecule has 34 heavy (non-hydrogen) atoms. The summed E-state index contributed by atoms with van der Waals surface area (Å²) in [6.45, 7) is 0. The molecule has 5 aromatic rings. The monoisotopic (exact) mass is 512 g/mol. The smallest absolute Gasteiger partial charge is 0.331 e. The van der Waals surface area contributed by atoms with Crippen LogP contribution in [0.3, 0.4) is 0 Å². The largest absolute Gasteiger partial charge is 0.371 e. The first kappa shape index (κ1) is 20.7. The van der Waals surface area contributed by atoms with E-state index in [1.54, 1.807) is 11.6 Å². The van der Waals surface area contributed by atoms with Crippen LogP contribution in [0.1, 0.15) is 17.3 Å². The second-order valence-corrected chi connectivity index (χ2v) is 9.34. The molecule has 0 unspecified atom stereocenters. The molecule has 1 aliphatic rings. The topological polar surface area (TPSA) is 61.0 Å². The van der Waals surface area contributed by atoms with Gasteiger partial charge in [0.1, 0.15) is 0 Å². The average molecular weight is 513 g/mol. The van der Waals surface area contributed by atoms with Crippen LogP contribution in [0, 0.1) is 0 Å². The number of nitrogens with one attached hydrogen (secondary N) is 1. The average Bonchev–Trinajstić information content (AvgIpc) is 3.23. The van der Waals surface area contributed by atoms with Gasteiger partial charge in [0, 0.05) is 24.1 Å². The van der Waals surface area contributed by atoms with E-state index in [4.69, 9.17) is 0 Å². The molecule has 0 saturated heterocycles. The Morgan fingerprint density at radius 3 is 2.26 bits per heavy atom. The van der Waals surface area contributed by atoms with E-state index in [9.17, 15) is 9.59 Å². The Morgan fingerprint density at radius 2 is 1.50 bits per heavy atom. The lowest BCUT2D eigenvalue weighted by Gasteiger charge is -2.31. The van der Waals surface area contributed by atoms with Gasteiger partial charge < -0.3 is 9.88 Å². The number of aryl methyl sites for hydroxylation is 1. The summed E-state index contributed by atoms with van der Waals surface area (Å²) in [6, 6.07) is 25.8. The summed E-state index contributed by atoms with van der Waals surface area (Å²) in [6.07, 6.45) is 0. The fourth-order valence-corrected chi connectivity index (χ4v) is 5.49. The van der Waals surface area contributed by atoms with Gasteiger partial charge in [-0.2, -0.15) is 0 Å². The van der Waals surface area contributed by atoms with Gasteiger partial charge in [-0.1, -0.05) is 76.6 Å². The van der Waals surface area contributed by atoms with Gasteiger partial charge >= 0.3 is 5.69 Å². The van der Waals surface area contributed by atoms with Gasteiger partial charge in [0.25, 0.3) is 5.56 Å². The van der Waals surface area contributed by atoms with Crippen LogP contribution in [-0.2, 0) is 14.1 Å². The van der Waals surface area contributed by atoms with Crippen LogP contribution in [0.2, 0.25) is 0 Å². The predicted molar refractivity (Wildman–Crippen MR) is 139 cm³/mol. The van der Waals surface area contributed by atoms with Gasteiger partial charge in [-0.25, -0.2) is 4.79 Å². The summed E-state index contributed by atoms with van der Waals surface area (Å²) in [4.78, 5) is 26.8. The number of fused-ring (bicyclic) bond motifs is 5. The van der Waals surface area contributed by atoms with Crippen molar-refractivity contribution in [3.63, 3.8) is 0 Å². The lowest BCUT2D eigenvalue weighted by atomic mass is 9.99. The summed E-state index contributed by atoms with van der Waals surface area (Å²) in [5.41, 5.74) is 5.43. The van der Waals surface area contributed by atoms with Gasteiger partial charge in [0.05, 0.1) is 39.7 Å². The van der Waals surface area contributed by atoms with E-state index < -0.39 is 0 Å². The second-order valence-electron chi connectivity index (χ2n) is 8.48. The van der Waals surface area contributed by atoms with Gasteiger partial charge in [0.2, 0.25) is 0 Å². The van der Waals surface area contributed by atoms with E-state index in [1.165, 1.54) is 11.6 Å². The van der Waals surface area contributed by atoms with Gasteiger partial charge in [0.15, 0.2) is 0 Å². The summed E-state index contributed by atoms with van der Waals surface area (Å²) in [7, 11) is 3.27. The number of nitrogens with zero attached hydrogens (tertiary/aromatic N) is 3. The Kier molecular flexibility index (Phi) is 4.64. The van der Waals surface area contributed by atoms with Gasteiger partial charge in [-0.15, -0.1) is 0 Å². The molecule has 168 valence electrons. The highest BCUT2D eigenvalue weighted by atomic mass is 79.9. The molecule has 0 bridgehead atoms. The van der Waals surface area contributed by atoms with E-state index in [-0.39, 0.29) is 17.3 Å². The summed E-state index contributed by atoms with van der Waals surface area (Å²) in [5, 5.41) is 4.18. The summed E-state index contributed by atoms with van der Waals surface area (Å²) < 4.78 is 5.80. The number of halogens is 1. The van der Waals surface area contributed by atoms with Crippen molar-refractivity contribution in [1.82, 2.24) is 13.7 Å². The lowest BCUT2D eigenvalue weighted by molar-refractivity contribution is 0.708. The highest BCUT2D eigenvalue weighted by Crippen LogP contribution is 2.46. The molecule has 2 aromatic heterocycles. The minimum atomic E-state index is -0.352. The lowest BCUT2D eigenvalue weighted by Crippen LogP contribution is -2.37. The van der Waals surface area contributed by atoms with E-state index in [0.29, 0.717) is 10.9 Å². The van der Waals surface area contributed by atoms with Crippen LogP contribution in [0.5, 0.6) is 0 Å². The van der Waals surface area contributed by atoms with Crippen LogP contribution in [-0.4, -0.2) is 13.7 Å². The Bertz CT molecular complexity index is 1710. The molecule has 1 aliphatic heterocycles. The maximum absolute atomic E-state index is 13.7. The summed E-state index contributed by atoms with van der Waals surface area (Å²) >= 11 is 3.70. The zero-order chi connectivity index (χ0) is 23.6. The Hall–Kier alpha value is -3.84. The minimum absolute atomic E-state index is 0.257. The molecule has 0 aliphatic carbocycles. The van der Waals surface area contributed by atoms with Crippen molar-refractivity contribution in [3.8, 4) is 16.9 Å². The maximum Gasteiger partial charge on any atom is 0.331 e. The normalized spacial score (nSPS) is 14.5. The first-order chi connectivity index (χ1) is 16.5. The maximum atomic E-state index is 13.7. The van der Waals surface area contributed by atoms with Crippen molar-refractivity contribution in [2.24, 2.45) is 14.1 Å². The number of para-hydroxylation sites is 2. The number of hydrogen-bond donors (Lipinski definition) is 1. The van der Waals surface area contributed by atoms with E-state index >= 15 is 0 Å². The Labute approximate surface area is 203 Å². The Morgan fingerprint density at radius 1 is 0.824 bits per heavy atom. The Balaban J connectivity index is 1.90. The fourth-order valence-electron chi connectivity index (χ4n) is 5.02. The third-order valence-electron chi connectivity index (χ3n) is 6.59. The first-order valence-corrected chi connectivity index (χ1v) is 11.8. The summed E-state index contributed by atoms with van der Waals surface area (Å²) in [5.74, 6) is 0. The minimum Gasteiger partial charge on any atom is -0.371 e. The third kappa shape index (κ3) is 2.80. The molecule has 0 fully saturated rings.